The molecule has 1 heterocycles. The van der Waals surface area contributed by atoms with Gasteiger partial charge in [0.05, 0.1) is 22.5 Å². The Labute approximate surface area is 197 Å². The van der Waals surface area contributed by atoms with Crippen LogP contribution in [0.1, 0.15) is 16.8 Å². The molecule has 2 aromatic rings. The minimum Gasteiger partial charge on any atom is -0.397 e. The van der Waals surface area contributed by atoms with Crippen molar-refractivity contribution in [3.05, 3.63) is 53.4 Å². The van der Waals surface area contributed by atoms with Gasteiger partial charge in [-0.15, -0.1) is 0 Å². The predicted octanol–water partition coefficient (Wildman–Crippen LogP) is 3.31. The van der Waals surface area contributed by atoms with E-state index >= 15 is 0 Å². The molecule has 14 heteroatoms. The summed E-state index contributed by atoms with van der Waals surface area (Å²) in [4.78, 5) is 25.8. The van der Waals surface area contributed by atoms with Crippen molar-refractivity contribution in [1.82, 2.24) is 20.2 Å². The Morgan fingerprint density at radius 3 is 2.23 bits per heavy atom. The molecule has 0 saturated heterocycles. The maximum Gasteiger partial charge on any atom is 0.416 e. The van der Waals surface area contributed by atoms with Gasteiger partial charge in [-0.2, -0.15) is 26.3 Å². The highest BCUT2D eigenvalue weighted by atomic mass is 19.4. The van der Waals surface area contributed by atoms with Gasteiger partial charge in [0.1, 0.15) is 5.71 Å². The average Bonchev–Trinajstić information content (AvgIpc) is 2.75. The second kappa shape index (κ2) is 11.2. The van der Waals surface area contributed by atoms with E-state index in [0.29, 0.717) is 25.2 Å². The predicted molar refractivity (Wildman–Crippen MR) is 119 cm³/mol. The van der Waals surface area contributed by atoms with Gasteiger partial charge in [0.15, 0.2) is 0 Å². The summed E-state index contributed by atoms with van der Waals surface area (Å²) in [5, 5.41) is 4.99. The van der Waals surface area contributed by atoms with Crippen LogP contribution in [0.15, 0.2) is 41.5 Å². The molecule has 0 aliphatic carbocycles. The molecule has 1 aromatic heterocycles. The Bertz CT molecular complexity index is 1080. The Kier molecular flexibility index (Phi) is 8.79. The summed E-state index contributed by atoms with van der Waals surface area (Å²) in [6, 6.07) is 2.37. The van der Waals surface area contributed by atoms with E-state index in [1.54, 1.807) is 0 Å². The smallest absolute Gasteiger partial charge is 0.397 e. The fraction of sp³-hybridized carbons (Fsp3) is 0.333. The molecule has 0 spiro atoms. The number of nitrogens with two attached hydrogens (primary N) is 1. The molecule has 35 heavy (non-hydrogen) atoms. The number of aliphatic imine (C=N–C) groups is 1. The standard InChI is InChI=1S/C21H23F6N7O/c1-29-17(18(35)30-6-7-34(2)3)11-15(28)16-4-5-31-19(33-16)32-14-9-12(20(22,23)24)8-13(10-14)21(25,26)27/h4-5,8-11H,6-7,28H2,1-3H3,(H,30,35)(H,31,32,33)/b15-11-,29-17?. The number of nitrogens with one attached hydrogen (secondary N) is 2. The number of anilines is 2. The third-order valence-electron chi connectivity index (χ3n) is 4.41. The molecule has 190 valence electrons. The van der Waals surface area contributed by atoms with E-state index in [1.807, 2.05) is 19.0 Å². The van der Waals surface area contributed by atoms with Gasteiger partial charge in [0, 0.05) is 32.0 Å². The van der Waals surface area contributed by atoms with Crippen molar-refractivity contribution in [2.45, 2.75) is 12.4 Å². The molecule has 0 atom stereocenters. The zero-order valence-corrected chi connectivity index (χ0v) is 18.9. The van der Waals surface area contributed by atoms with Crippen LogP contribution in [0.2, 0.25) is 0 Å². The molecule has 0 bridgehead atoms. The first-order valence-corrected chi connectivity index (χ1v) is 9.97. The van der Waals surface area contributed by atoms with Crippen LogP contribution in [0, 0.1) is 0 Å². The number of rotatable bonds is 8. The highest BCUT2D eigenvalue weighted by molar-refractivity contribution is 6.44. The lowest BCUT2D eigenvalue weighted by Gasteiger charge is -2.15. The number of benzene rings is 1. The van der Waals surface area contributed by atoms with Crippen molar-refractivity contribution < 1.29 is 31.1 Å². The number of alkyl halides is 6. The summed E-state index contributed by atoms with van der Waals surface area (Å²) in [6.07, 6.45) is -7.57. The van der Waals surface area contributed by atoms with E-state index in [4.69, 9.17) is 5.73 Å². The number of aromatic nitrogens is 2. The molecule has 0 fully saturated rings. The third-order valence-corrected chi connectivity index (χ3v) is 4.41. The van der Waals surface area contributed by atoms with Crippen LogP contribution in [-0.4, -0.2) is 60.7 Å². The zero-order valence-electron chi connectivity index (χ0n) is 18.9. The van der Waals surface area contributed by atoms with Crippen molar-refractivity contribution in [2.75, 3.05) is 39.5 Å². The maximum absolute atomic E-state index is 13.1. The van der Waals surface area contributed by atoms with Crippen LogP contribution in [0.4, 0.5) is 38.0 Å². The zero-order chi connectivity index (χ0) is 26.4. The van der Waals surface area contributed by atoms with Crippen molar-refractivity contribution in [3.63, 3.8) is 0 Å². The Hall–Kier alpha value is -3.68. The van der Waals surface area contributed by atoms with E-state index in [2.05, 4.69) is 25.6 Å². The van der Waals surface area contributed by atoms with Crippen LogP contribution >= 0.6 is 0 Å². The van der Waals surface area contributed by atoms with Gasteiger partial charge >= 0.3 is 12.4 Å². The first-order valence-electron chi connectivity index (χ1n) is 9.97. The quantitative estimate of drug-likeness (QED) is 0.377. The molecule has 0 radical (unpaired) electrons. The summed E-state index contributed by atoms with van der Waals surface area (Å²) in [7, 11) is 5.05. The van der Waals surface area contributed by atoms with E-state index in [-0.39, 0.29) is 29.1 Å². The number of nitrogens with zero attached hydrogens (tertiary/aromatic N) is 4. The lowest BCUT2D eigenvalue weighted by Crippen LogP contribution is -2.35. The number of halogens is 6. The molecule has 1 aromatic carbocycles. The minimum atomic E-state index is -5.00. The fourth-order valence-electron chi connectivity index (χ4n) is 2.67. The number of hydrogen-bond acceptors (Lipinski definition) is 7. The topological polar surface area (TPSA) is 109 Å². The molecule has 0 aliphatic heterocycles. The van der Waals surface area contributed by atoms with Crippen LogP contribution in [0.3, 0.4) is 0 Å². The lowest BCUT2D eigenvalue weighted by atomic mass is 10.1. The first-order chi connectivity index (χ1) is 16.2. The van der Waals surface area contributed by atoms with Crippen LogP contribution in [-0.2, 0) is 17.1 Å². The normalized spacial score (nSPS) is 13.2. The van der Waals surface area contributed by atoms with Crippen LogP contribution in [0.25, 0.3) is 5.70 Å². The number of hydrogen-bond donors (Lipinski definition) is 3. The lowest BCUT2D eigenvalue weighted by molar-refractivity contribution is -0.143. The summed E-state index contributed by atoms with van der Waals surface area (Å²) < 4.78 is 78.5. The molecule has 4 N–H and O–H groups in total. The van der Waals surface area contributed by atoms with Gasteiger partial charge in [0.2, 0.25) is 5.95 Å². The van der Waals surface area contributed by atoms with E-state index in [1.165, 1.54) is 25.4 Å². The van der Waals surface area contributed by atoms with Gasteiger partial charge in [-0.3, -0.25) is 9.79 Å². The molecule has 0 unspecified atom stereocenters. The highest BCUT2D eigenvalue weighted by Crippen LogP contribution is 2.37. The molecular formula is C21H23F6N7O. The molecule has 8 nitrogen and oxygen atoms in total. The molecule has 1 amide bonds. The van der Waals surface area contributed by atoms with Crippen LogP contribution < -0.4 is 16.4 Å². The number of carbonyl (C=O) groups is 1. The number of amides is 1. The first kappa shape index (κ1) is 27.6. The maximum atomic E-state index is 13.1. The summed E-state index contributed by atoms with van der Waals surface area (Å²) in [5.74, 6) is -0.801. The fourth-order valence-corrected chi connectivity index (χ4v) is 2.67. The van der Waals surface area contributed by atoms with E-state index in [0.717, 1.165) is 0 Å². The summed E-state index contributed by atoms with van der Waals surface area (Å²) in [5.41, 5.74) is 2.50. The van der Waals surface area contributed by atoms with Crippen molar-refractivity contribution in [3.8, 4) is 0 Å². The highest BCUT2D eigenvalue weighted by Gasteiger charge is 2.37. The van der Waals surface area contributed by atoms with Gasteiger partial charge in [-0.25, -0.2) is 9.97 Å². The molecule has 2 rings (SSSR count). The number of carbonyl (C=O) groups excluding carboxylic acids is 1. The summed E-state index contributed by atoms with van der Waals surface area (Å²) >= 11 is 0. The molecule has 0 aliphatic rings. The van der Waals surface area contributed by atoms with Crippen molar-refractivity contribution >= 4 is 29.0 Å². The van der Waals surface area contributed by atoms with Crippen molar-refractivity contribution in [2.24, 2.45) is 10.7 Å². The monoisotopic (exact) mass is 503 g/mol. The van der Waals surface area contributed by atoms with E-state index in [9.17, 15) is 31.1 Å². The SMILES string of the molecule is CN=C(/C=C(\N)c1ccnc(Nc2cc(C(F)(F)F)cc(C(F)(F)F)c2)n1)C(=O)NCCN(C)C. The molecular weight excluding hydrogens is 480 g/mol. The largest absolute Gasteiger partial charge is 0.416 e. The molecule has 0 saturated carbocycles. The van der Waals surface area contributed by atoms with Crippen molar-refractivity contribution in [1.29, 1.82) is 0 Å². The second-order valence-corrected chi connectivity index (χ2v) is 7.45. The van der Waals surface area contributed by atoms with Crippen LogP contribution in [0.5, 0.6) is 0 Å². The average molecular weight is 503 g/mol. The Morgan fingerprint density at radius 1 is 1.11 bits per heavy atom. The summed E-state index contributed by atoms with van der Waals surface area (Å²) in [6.45, 7) is 0.950. The van der Waals surface area contributed by atoms with Gasteiger partial charge < -0.3 is 21.3 Å². The van der Waals surface area contributed by atoms with Gasteiger partial charge in [-0.05, 0) is 44.4 Å². The minimum absolute atomic E-state index is 0.0120. The third kappa shape index (κ3) is 8.24. The van der Waals surface area contributed by atoms with E-state index < -0.39 is 35.1 Å². The van der Waals surface area contributed by atoms with Gasteiger partial charge in [0.25, 0.3) is 5.91 Å². The second-order valence-electron chi connectivity index (χ2n) is 7.45. The Balaban J connectivity index is 2.29. The van der Waals surface area contributed by atoms with Gasteiger partial charge in [-0.1, -0.05) is 0 Å². The number of likely N-dealkylation sites (N-methyl/N-ethyl adjacent to an activating group) is 1. The Morgan fingerprint density at radius 2 is 1.71 bits per heavy atom.